The predicted molar refractivity (Wildman–Crippen MR) is 106 cm³/mol. The van der Waals surface area contributed by atoms with Crippen LogP contribution in [0.5, 0.6) is 5.75 Å². The minimum absolute atomic E-state index is 0.0739. The van der Waals surface area contributed by atoms with Crippen LogP contribution < -0.4 is 10.1 Å². The molecule has 1 aromatic carbocycles. The lowest BCUT2D eigenvalue weighted by molar-refractivity contribution is 0.0861. The molecule has 0 amide bonds. The number of allylic oxidation sites excluding steroid dienone is 4. The van der Waals surface area contributed by atoms with Crippen molar-refractivity contribution in [2.45, 2.75) is 25.3 Å². The first-order chi connectivity index (χ1) is 13.8. The standard InChI is InChI=1S/C21H19N5O2/c27-19-11-16(13-28-18-8-4-7-15-12-22-10-9-17(15)18)23-21-24-20(25-26(19)21)14-5-2-1-3-6-14/h1-2,4-5,7-10,12,16H,3,6,11,13H2,(H,23,24,25). The summed E-state index contributed by atoms with van der Waals surface area (Å²) in [4.78, 5) is 21.2. The lowest BCUT2D eigenvalue weighted by atomic mass is 10.1. The zero-order valence-corrected chi connectivity index (χ0v) is 15.2. The first-order valence-corrected chi connectivity index (χ1v) is 9.36. The van der Waals surface area contributed by atoms with Crippen LogP contribution >= 0.6 is 0 Å². The number of anilines is 1. The van der Waals surface area contributed by atoms with E-state index in [1.807, 2.05) is 42.6 Å². The van der Waals surface area contributed by atoms with Gasteiger partial charge in [-0.1, -0.05) is 30.4 Å². The average molecular weight is 373 g/mol. The molecule has 2 aromatic heterocycles. The number of fused-ring (bicyclic) bond motifs is 2. The fourth-order valence-corrected chi connectivity index (χ4v) is 3.54. The van der Waals surface area contributed by atoms with Crippen molar-refractivity contribution in [1.29, 1.82) is 0 Å². The highest BCUT2D eigenvalue weighted by Gasteiger charge is 2.28. The highest BCUT2D eigenvalue weighted by atomic mass is 16.5. The first-order valence-electron chi connectivity index (χ1n) is 9.36. The van der Waals surface area contributed by atoms with Crippen LogP contribution in [-0.2, 0) is 0 Å². The third kappa shape index (κ3) is 3.05. The number of aromatic nitrogens is 4. The summed E-state index contributed by atoms with van der Waals surface area (Å²) < 4.78 is 7.39. The van der Waals surface area contributed by atoms with Gasteiger partial charge in [-0.05, 0) is 30.5 Å². The van der Waals surface area contributed by atoms with Crippen molar-refractivity contribution >= 4 is 28.2 Å². The summed E-state index contributed by atoms with van der Waals surface area (Å²) in [5, 5.41) is 9.71. The molecule has 140 valence electrons. The van der Waals surface area contributed by atoms with E-state index in [0.29, 0.717) is 24.8 Å². The Morgan fingerprint density at radius 1 is 1.29 bits per heavy atom. The van der Waals surface area contributed by atoms with Crippen LogP contribution in [0, 0.1) is 0 Å². The zero-order valence-electron chi connectivity index (χ0n) is 15.2. The van der Waals surface area contributed by atoms with E-state index >= 15 is 0 Å². The summed E-state index contributed by atoms with van der Waals surface area (Å²) in [7, 11) is 0. The predicted octanol–water partition coefficient (Wildman–Crippen LogP) is 3.46. The van der Waals surface area contributed by atoms with E-state index in [9.17, 15) is 4.79 Å². The molecular weight excluding hydrogens is 354 g/mol. The zero-order chi connectivity index (χ0) is 18.9. The van der Waals surface area contributed by atoms with Gasteiger partial charge in [-0.15, -0.1) is 5.10 Å². The molecule has 2 aliphatic rings. The van der Waals surface area contributed by atoms with Gasteiger partial charge in [-0.3, -0.25) is 9.78 Å². The fourth-order valence-electron chi connectivity index (χ4n) is 3.54. The second-order valence-corrected chi connectivity index (χ2v) is 6.93. The van der Waals surface area contributed by atoms with Gasteiger partial charge in [0.2, 0.25) is 5.95 Å². The summed E-state index contributed by atoms with van der Waals surface area (Å²) in [6.45, 7) is 0.362. The van der Waals surface area contributed by atoms with E-state index < -0.39 is 0 Å². The maximum absolute atomic E-state index is 12.5. The molecule has 7 heteroatoms. The van der Waals surface area contributed by atoms with Crippen LogP contribution in [0.25, 0.3) is 16.3 Å². The molecule has 1 N–H and O–H groups in total. The van der Waals surface area contributed by atoms with E-state index in [4.69, 9.17) is 4.74 Å². The maximum Gasteiger partial charge on any atom is 0.252 e. The van der Waals surface area contributed by atoms with Crippen LogP contribution in [0.15, 0.2) is 54.9 Å². The van der Waals surface area contributed by atoms with Crippen molar-refractivity contribution in [1.82, 2.24) is 19.7 Å². The smallest absolute Gasteiger partial charge is 0.252 e. The summed E-state index contributed by atoms with van der Waals surface area (Å²) >= 11 is 0. The number of rotatable bonds is 4. The van der Waals surface area contributed by atoms with Gasteiger partial charge in [0.1, 0.15) is 12.4 Å². The van der Waals surface area contributed by atoms with Gasteiger partial charge in [0, 0.05) is 23.2 Å². The van der Waals surface area contributed by atoms with Crippen molar-refractivity contribution < 1.29 is 9.53 Å². The lowest BCUT2D eigenvalue weighted by Crippen LogP contribution is -2.38. The van der Waals surface area contributed by atoms with Gasteiger partial charge in [0.25, 0.3) is 5.91 Å². The van der Waals surface area contributed by atoms with Crippen LogP contribution in [0.2, 0.25) is 0 Å². The lowest BCUT2D eigenvalue weighted by Gasteiger charge is -2.23. The third-order valence-corrected chi connectivity index (χ3v) is 4.98. The third-order valence-electron chi connectivity index (χ3n) is 4.98. The summed E-state index contributed by atoms with van der Waals surface area (Å²) in [5.41, 5.74) is 1.05. The fraction of sp³-hybridized carbons (Fsp3) is 0.238. The number of pyridine rings is 1. The van der Waals surface area contributed by atoms with Gasteiger partial charge in [0.15, 0.2) is 5.82 Å². The molecule has 3 heterocycles. The van der Waals surface area contributed by atoms with Gasteiger partial charge >= 0.3 is 0 Å². The Balaban J connectivity index is 1.33. The van der Waals surface area contributed by atoms with E-state index in [0.717, 1.165) is 34.9 Å². The number of carbonyl (C=O) groups is 1. The van der Waals surface area contributed by atoms with Crippen LogP contribution in [-0.4, -0.2) is 38.3 Å². The maximum atomic E-state index is 12.5. The molecule has 3 aromatic rings. The quantitative estimate of drug-likeness (QED) is 0.754. The molecule has 1 aliphatic heterocycles. The molecule has 5 rings (SSSR count). The minimum atomic E-state index is -0.158. The molecule has 0 saturated heterocycles. The van der Waals surface area contributed by atoms with Crippen molar-refractivity contribution in [3.05, 3.63) is 60.7 Å². The molecule has 7 nitrogen and oxygen atoms in total. The molecule has 0 saturated carbocycles. The van der Waals surface area contributed by atoms with Crippen LogP contribution in [0.3, 0.4) is 0 Å². The Kier molecular flexibility index (Phi) is 4.12. The number of ether oxygens (including phenoxy) is 1. The number of carbonyl (C=O) groups excluding carboxylic acids is 1. The molecule has 28 heavy (non-hydrogen) atoms. The Morgan fingerprint density at radius 2 is 2.25 bits per heavy atom. The van der Waals surface area contributed by atoms with E-state index in [1.165, 1.54) is 4.68 Å². The van der Waals surface area contributed by atoms with Gasteiger partial charge < -0.3 is 10.1 Å². The number of nitrogens with zero attached hydrogens (tertiary/aromatic N) is 4. The Labute approximate surface area is 161 Å². The average Bonchev–Trinajstić information content (AvgIpc) is 3.18. The number of nitrogens with one attached hydrogen (secondary N) is 1. The van der Waals surface area contributed by atoms with Gasteiger partial charge in [0.05, 0.1) is 12.5 Å². The second-order valence-electron chi connectivity index (χ2n) is 6.93. The molecule has 0 radical (unpaired) electrons. The molecule has 0 bridgehead atoms. The Bertz CT molecular complexity index is 1110. The summed E-state index contributed by atoms with van der Waals surface area (Å²) in [5.74, 6) is 1.80. The molecular formula is C21H19N5O2. The monoisotopic (exact) mass is 373 g/mol. The highest BCUT2D eigenvalue weighted by molar-refractivity contribution is 5.87. The van der Waals surface area contributed by atoms with Gasteiger partial charge in [-0.25, -0.2) is 0 Å². The van der Waals surface area contributed by atoms with E-state index in [1.54, 1.807) is 6.20 Å². The Hall–Kier alpha value is -3.48. The number of hydrogen-bond donors (Lipinski definition) is 1. The highest BCUT2D eigenvalue weighted by Crippen LogP contribution is 2.27. The van der Waals surface area contributed by atoms with E-state index in [-0.39, 0.29) is 11.9 Å². The molecule has 1 atom stereocenters. The topological polar surface area (TPSA) is 81.9 Å². The molecule has 0 fully saturated rings. The number of hydrogen-bond acceptors (Lipinski definition) is 6. The van der Waals surface area contributed by atoms with Crippen LogP contribution in [0.4, 0.5) is 5.95 Å². The molecule has 0 spiro atoms. The SMILES string of the molecule is O=C1CC(COc2cccc3cnccc23)Nc2nc(C3=CC=CCC3)nn21. The normalized spacial score (nSPS) is 18.5. The first kappa shape index (κ1) is 16.7. The largest absolute Gasteiger partial charge is 0.491 e. The van der Waals surface area contributed by atoms with Gasteiger partial charge in [-0.2, -0.15) is 9.67 Å². The minimum Gasteiger partial charge on any atom is -0.491 e. The summed E-state index contributed by atoms with van der Waals surface area (Å²) in [6.07, 6.45) is 11.8. The van der Waals surface area contributed by atoms with Crippen molar-refractivity contribution in [3.63, 3.8) is 0 Å². The van der Waals surface area contributed by atoms with Crippen molar-refractivity contribution in [2.75, 3.05) is 11.9 Å². The summed E-state index contributed by atoms with van der Waals surface area (Å²) in [6, 6.07) is 7.63. The number of benzene rings is 1. The molecule has 1 unspecified atom stereocenters. The van der Waals surface area contributed by atoms with E-state index in [2.05, 4.69) is 26.5 Å². The van der Waals surface area contributed by atoms with Crippen molar-refractivity contribution in [3.8, 4) is 5.75 Å². The van der Waals surface area contributed by atoms with Crippen molar-refractivity contribution in [2.24, 2.45) is 0 Å². The second kappa shape index (κ2) is 6.92. The Morgan fingerprint density at radius 3 is 3.14 bits per heavy atom. The van der Waals surface area contributed by atoms with Crippen LogP contribution in [0.1, 0.15) is 29.9 Å². The molecule has 1 aliphatic carbocycles.